The van der Waals surface area contributed by atoms with E-state index in [2.05, 4.69) is 34.5 Å². The van der Waals surface area contributed by atoms with Crippen molar-refractivity contribution in [3.63, 3.8) is 0 Å². The van der Waals surface area contributed by atoms with Gasteiger partial charge < -0.3 is 19.9 Å². The summed E-state index contributed by atoms with van der Waals surface area (Å²) in [6.07, 6.45) is 8.85. The molecule has 1 aromatic rings. The Kier molecular flexibility index (Phi) is 5.91. The van der Waals surface area contributed by atoms with E-state index in [1.807, 2.05) is 11.8 Å². The van der Waals surface area contributed by atoms with E-state index in [0.29, 0.717) is 24.7 Å². The predicted octanol–water partition coefficient (Wildman–Crippen LogP) is 4.39. The molecule has 5 rings (SSSR count). The van der Waals surface area contributed by atoms with Gasteiger partial charge in [0.05, 0.1) is 12.6 Å². The minimum Gasteiger partial charge on any atom is -0.450 e. The Hall–Kier alpha value is -2.08. The second-order valence-corrected chi connectivity index (χ2v) is 10.3. The van der Waals surface area contributed by atoms with Gasteiger partial charge in [-0.05, 0) is 87.9 Å². The van der Waals surface area contributed by atoms with Crippen LogP contribution >= 0.6 is 0 Å². The van der Waals surface area contributed by atoms with Gasteiger partial charge in [-0.15, -0.1) is 0 Å². The van der Waals surface area contributed by atoms with Crippen LogP contribution in [0.5, 0.6) is 0 Å². The second kappa shape index (κ2) is 8.69. The molecule has 3 aliphatic heterocycles. The van der Waals surface area contributed by atoms with Gasteiger partial charge in [0.1, 0.15) is 0 Å². The lowest BCUT2D eigenvalue weighted by Gasteiger charge is -2.50. The summed E-state index contributed by atoms with van der Waals surface area (Å²) < 4.78 is 5.33. The van der Waals surface area contributed by atoms with Crippen molar-refractivity contribution in [1.82, 2.24) is 15.1 Å². The molecule has 3 atom stereocenters. The Labute approximate surface area is 193 Å². The van der Waals surface area contributed by atoms with Crippen molar-refractivity contribution in [3.05, 3.63) is 35.4 Å². The first-order valence-corrected chi connectivity index (χ1v) is 12.6. The van der Waals surface area contributed by atoms with Crippen LogP contribution in [0.1, 0.15) is 83.8 Å². The fraction of sp³-hybridized carbons (Fsp3) is 0.692. The topological polar surface area (TPSA) is 61.9 Å². The number of nitrogens with zero attached hydrogens (tertiary/aromatic N) is 2. The summed E-state index contributed by atoms with van der Waals surface area (Å²) in [5, 5.41) is 3.17. The zero-order valence-corrected chi connectivity index (χ0v) is 19.5. The van der Waals surface area contributed by atoms with Gasteiger partial charge in [0.25, 0.3) is 0 Å². The van der Waals surface area contributed by atoms with Gasteiger partial charge in [-0.2, -0.15) is 0 Å². The standard InChI is InChI=1S/C26H37N3O3.H2/c1-3-32-25(31)29-19-8-9-20(29)17-21(16-19)28-14-12-26(13-15-28)11-10-24(27-18(2)30)22-6-4-5-7-23(22)26;/h4-7,19-21,24H,3,8-17H2,1-2H3,(H,27,30);1H/t19?,20?,21?,24-;/m1./s1. The highest BCUT2D eigenvalue weighted by molar-refractivity contribution is 5.73. The number of hydrogen-bond donors (Lipinski definition) is 1. The number of amides is 2. The highest BCUT2D eigenvalue weighted by Gasteiger charge is 2.48. The van der Waals surface area contributed by atoms with Crippen LogP contribution in [0.15, 0.2) is 24.3 Å². The van der Waals surface area contributed by atoms with Crippen molar-refractivity contribution in [2.75, 3.05) is 19.7 Å². The Morgan fingerprint density at radius 3 is 2.41 bits per heavy atom. The molecule has 6 heteroatoms. The van der Waals surface area contributed by atoms with Gasteiger partial charge in [-0.1, -0.05) is 24.3 Å². The van der Waals surface area contributed by atoms with Crippen molar-refractivity contribution >= 4 is 12.0 Å². The Morgan fingerprint density at radius 2 is 1.75 bits per heavy atom. The molecule has 6 nitrogen and oxygen atoms in total. The third-order valence-corrected chi connectivity index (χ3v) is 8.65. The van der Waals surface area contributed by atoms with Gasteiger partial charge in [-0.25, -0.2) is 4.79 Å². The van der Waals surface area contributed by atoms with E-state index in [0.717, 1.165) is 51.6 Å². The zero-order valence-electron chi connectivity index (χ0n) is 19.5. The molecule has 0 radical (unpaired) electrons. The number of fused-ring (bicyclic) bond motifs is 4. The van der Waals surface area contributed by atoms with Crippen LogP contribution in [-0.2, 0) is 14.9 Å². The summed E-state index contributed by atoms with van der Waals surface area (Å²) in [5.74, 6) is 0.0550. The molecule has 1 aromatic carbocycles. The lowest BCUT2D eigenvalue weighted by molar-refractivity contribution is -0.119. The predicted molar refractivity (Wildman–Crippen MR) is 126 cm³/mol. The van der Waals surface area contributed by atoms with E-state index >= 15 is 0 Å². The van der Waals surface area contributed by atoms with E-state index in [4.69, 9.17) is 4.74 Å². The average molecular weight is 442 g/mol. The lowest BCUT2D eigenvalue weighted by Crippen LogP contribution is -2.55. The minimum atomic E-state index is -0.108. The van der Waals surface area contributed by atoms with Crippen LogP contribution in [0.3, 0.4) is 0 Å². The van der Waals surface area contributed by atoms with Gasteiger partial charge in [0.15, 0.2) is 0 Å². The van der Waals surface area contributed by atoms with Crippen molar-refractivity contribution in [2.45, 2.75) is 94.8 Å². The monoisotopic (exact) mass is 441 g/mol. The Balaban J connectivity index is 0.00000259. The minimum absolute atomic E-state index is 0. The molecule has 176 valence electrons. The molecule has 3 heterocycles. The highest BCUT2D eigenvalue weighted by atomic mass is 16.6. The Morgan fingerprint density at radius 1 is 1.06 bits per heavy atom. The number of carbonyl (C=O) groups is 2. The normalized spacial score (nSPS) is 31.2. The molecule has 3 saturated heterocycles. The molecule has 1 spiro atoms. The van der Waals surface area contributed by atoms with E-state index in [1.165, 1.54) is 24.0 Å². The van der Waals surface area contributed by atoms with Crippen molar-refractivity contribution in [2.24, 2.45) is 0 Å². The maximum absolute atomic E-state index is 12.4. The molecular weight excluding hydrogens is 402 g/mol. The van der Waals surface area contributed by atoms with Crippen LogP contribution in [-0.4, -0.2) is 59.6 Å². The third-order valence-electron chi connectivity index (χ3n) is 8.65. The molecule has 4 aliphatic rings. The van der Waals surface area contributed by atoms with Crippen molar-refractivity contribution in [1.29, 1.82) is 0 Å². The first-order chi connectivity index (χ1) is 15.5. The van der Waals surface area contributed by atoms with Crippen LogP contribution in [0.25, 0.3) is 0 Å². The van der Waals surface area contributed by atoms with Crippen LogP contribution in [0.4, 0.5) is 4.79 Å². The SMILES string of the molecule is CCOC(=O)N1C2CCC1CC(N1CCC3(CC[C@@H](NC(C)=O)c4ccccc43)CC1)C2.[HH]. The molecule has 2 amide bonds. The summed E-state index contributed by atoms with van der Waals surface area (Å²) in [6, 6.07) is 10.2. The number of benzene rings is 1. The van der Waals surface area contributed by atoms with Crippen LogP contribution < -0.4 is 5.32 Å². The summed E-state index contributed by atoms with van der Waals surface area (Å²) >= 11 is 0. The average Bonchev–Trinajstić information content (AvgIpc) is 3.06. The van der Waals surface area contributed by atoms with E-state index < -0.39 is 0 Å². The molecule has 0 saturated carbocycles. The molecule has 1 N–H and O–H groups in total. The van der Waals surface area contributed by atoms with Gasteiger partial charge >= 0.3 is 6.09 Å². The number of ether oxygens (including phenoxy) is 1. The maximum atomic E-state index is 12.4. The van der Waals surface area contributed by atoms with Gasteiger partial charge in [0, 0.05) is 26.5 Å². The van der Waals surface area contributed by atoms with Crippen molar-refractivity contribution in [3.8, 4) is 0 Å². The number of carbonyl (C=O) groups excluding carboxylic acids is 2. The number of likely N-dealkylation sites (tertiary alicyclic amines) is 1. The quantitative estimate of drug-likeness (QED) is 0.756. The molecular formula is C26H39N3O3. The summed E-state index contributed by atoms with van der Waals surface area (Å²) in [7, 11) is 0. The Bertz CT molecular complexity index is 856. The molecule has 1 aliphatic carbocycles. The summed E-state index contributed by atoms with van der Waals surface area (Å²) in [4.78, 5) is 28.9. The first-order valence-electron chi connectivity index (χ1n) is 12.6. The summed E-state index contributed by atoms with van der Waals surface area (Å²) in [5.41, 5.74) is 3.03. The molecule has 3 fully saturated rings. The maximum Gasteiger partial charge on any atom is 0.410 e. The third kappa shape index (κ3) is 3.81. The number of nitrogens with one attached hydrogen (secondary N) is 1. The van der Waals surface area contributed by atoms with Crippen LogP contribution in [0, 0.1) is 0 Å². The van der Waals surface area contributed by atoms with Crippen molar-refractivity contribution < 1.29 is 15.8 Å². The first kappa shape index (κ1) is 21.7. The molecule has 2 unspecified atom stereocenters. The smallest absolute Gasteiger partial charge is 0.410 e. The van der Waals surface area contributed by atoms with E-state index in [-0.39, 0.29) is 24.9 Å². The zero-order chi connectivity index (χ0) is 22.3. The number of hydrogen-bond acceptors (Lipinski definition) is 4. The van der Waals surface area contributed by atoms with E-state index in [9.17, 15) is 9.59 Å². The number of piperidine rings is 2. The molecule has 2 bridgehead atoms. The van der Waals surface area contributed by atoms with Crippen LogP contribution in [0.2, 0.25) is 0 Å². The fourth-order valence-corrected chi connectivity index (χ4v) is 7.17. The van der Waals surface area contributed by atoms with E-state index in [1.54, 1.807) is 6.92 Å². The highest BCUT2D eigenvalue weighted by Crippen LogP contribution is 2.49. The molecule has 0 aromatic heterocycles. The second-order valence-electron chi connectivity index (χ2n) is 10.3. The fourth-order valence-electron chi connectivity index (χ4n) is 7.17. The largest absolute Gasteiger partial charge is 0.450 e. The van der Waals surface area contributed by atoms with Gasteiger partial charge in [-0.3, -0.25) is 4.79 Å². The lowest BCUT2D eigenvalue weighted by atomic mass is 9.63. The molecule has 32 heavy (non-hydrogen) atoms. The number of rotatable bonds is 3. The van der Waals surface area contributed by atoms with Gasteiger partial charge in [0.2, 0.25) is 5.91 Å². The summed E-state index contributed by atoms with van der Waals surface area (Å²) in [6.45, 7) is 6.21.